The SMILES string of the molecule is O=C(Nc1cccc(I)c1)c1cccc(C(F)(F)F)c1F. The number of nitrogens with one attached hydrogen (secondary N) is 1. The molecule has 0 bridgehead atoms. The Morgan fingerprint density at radius 2 is 1.76 bits per heavy atom. The van der Waals surface area contributed by atoms with Gasteiger partial charge in [-0.25, -0.2) is 4.39 Å². The summed E-state index contributed by atoms with van der Waals surface area (Å²) in [7, 11) is 0. The average Bonchev–Trinajstić information content (AvgIpc) is 2.37. The van der Waals surface area contributed by atoms with Crippen LogP contribution in [-0.2, 0) is 6.18 Å². The lowest BCUT2D eigenvalue weighted by Gasteiger charge is -2.11. The van der Waals surface area contributed by atoms with E-state index in [4.69, 9.17) is 0 Å². The van der Waals surface area contributed by atoms with Crippen LogP contribution >= 0.6 is 22.6 Å². The van der Waals surface area contributed by atoms with E-state index >= 15 is 0 Å². The summed E-state index contributed by atoms with van der Waals surface area (Å²) < 4.78 is 52.4. The van der Waals surface area contributed by atoms with Crippen molar-refractivity contribution in [3.05, 3.63) is 63.0 Å². The summed E-state index contributed by atoms with van der Waals surface area (Å²) >= 11 is 2.02. The third kappa shape index (κ3) is 3.72. The molecule has 0 fully saturated rings. The van der Waals surface area contributed by atoms with Crippen molar-refractivity contribution in [3.8, 4) is 0 Å². The van der Waals surface area contributed by atoms with Crippen molar-refractivity contribution in [2.24, 2.45) is 0 Å². The molecule has 0 atom stereocenters. The van der Waals surface area contributed by atoms with Crippen LogP contribution in [0.2, 0.25) is 0 Å². The topological polar surface area (TPSA) is 29.1 Å². The van der Waals surface area contributed by atoms with E-state index in [2.05, 4.69) is 5.32 Å². The van der Waals surface area contributed by atoms with Crippen molar-refractivity contribution in [3.63, 3.8) is 0 Å². The molecule has 2 rings (SSSR count). The van der Waals surface area contributed by atoms with Crippen LogP contribution < -0.4 is 5.32 Å². The fraction of sp³-hybridized carbons (Fsp3) is 0.0714. The molecule has 0 spiro atoms. The second-order valence-electron chi connectivity index (χ2n) is 4.13. The lowest BCUT2D eigenvalue weighted by atomic mass is 10.1. The zero-order valence-electron chi connectivity index (χ0n) is 10.3. The maximum Gasteiger partial charge on any atom is 0.419 e. The van der Waals surface area contributed by atoms with E-state index in [1.807, 2.05) is 22.6 Å². The van der Waals surface area contributed by atoms with Gasteiger partial charge in [-0.2, -0.15) is 13.2 Å². The molecule has 110 valence electrons. The Hall–Kier alpha value is -1.64. The molecule has 0 aromatic heterocycles. The predicted octanol–water partition coefficient (Wildman–Crippen LogP) is 4.70. The van der Waals surface area contributed by atoms with Crippen molar-refractivity contribution in [2.75, 3.05) is 5.32 Å². The van der Waals surface area contributed by atoms with Gasteiger partial charge in [0.2, 0.25) is 0 Å². The van der Waals surface area contributed by atoms with E-state index in [0.717, 1.165) is 15.7 Å². The minimum atomic E-state index is -4.84. The van der Waals surface area contributed by atoms with Crippen LogP contribution in [0.3, 0.4) is 0 Å². The average molecular weight is 409 g/mol. The number of hydrogen-bond donors (Lipinski definition) is 1. The number of carbonyl (C=O) groups is 1. The molecule has 0 heterocycles. The van der Waals surface area contributed by atoms with Gasteiger partial charge in [-0.3, -0.25) is 4.79 Å². The van der Waals surface area contributed by atoms with Crippen molar-refractivity contribution in [1.82, 2.24) is 0 Å². The minimum absolute atomic E-state index is 0.378. The van der Waals surface area contributed by atoms with Gasteiger partial charge < -0.3 is 5.32 Å². The highest BCUT2D eigenvalue weighted by Gasteiger charge is 2.35. The molecular formula is C14H8F4INO. The number of anilines is 1. The third-order valence-corrected chi connectivity index (χ3v) is 3.30. The molecule has 2 aromatic carbocycles. The summed E-state index contributed by atoms with van der Waals surface area (Å²) in [5.74, 6) is -2.51. The molecule has 0 aliphatic rings. The summed E-state index contributed by atoms with van der Waals surface area (Å²) in [6.07, 6.45) is -4.84. The Kier molecular flexibility index (Phi) is 4.50. The number of carbonyl (C=O) groups excluding carboxylic acids is 1. The maximum atomic E-state index is 13.8. The van der Waals surface area contributed by atoms with Gasteiger partial charge in [0.05, 0.1) is 11.1 Å². The van der Waals surface area contributed by atoms with E-state index in [1.165, 1.54) is 0 Å². The molecular weight excluding hydrogens is 401 g/mol. The Bertz CT molecular complexity index is 685. The van der Waals surface area contributed by atoms with E-state index in [-0.39, 0.29) is 0 Å². The molecule has 2 nitrogen and oxygen atoms in total. The Morgan fingerprint density at radius 3 is 2.38 bits per heavy atom. The lowest BCUT2D eigenvalue weighted by molar-refractivity contribution is -0.140. The summed E-state index contributed by atoms with van der Waals surface area (Å²) in [5, 5.41) is 2.37. The van der Waals surface area contributed by atoms with Crippen LogP contribution in [0, 0.1) is 9.39 Å². The third-order valence-electron chi connectivity index (χ3n) is 2.63. The molecule has 0 radical (unpaired) electrons. The highest BCUT2D eigenvalue weighted by Crippen LogP contribution is 2.32. The standard InChI is InChI=1S/C14H8F4INO/c15-12-10(5-2-6-11(12)14(16,17)18)13(21)20-9-4-1-3-8(19)7-9/h1-7H,(H,20,21). The maximum absolute atomic E-state index is 13.8. The summed E-state index contributed by atoms with van der Waals surface area (Å²) in [6, 6.07) is 9.22. The fourth-order valence-electron chi connectivity index (χ4n) is 1.69. The smallest absolute Gasteiger partial charge is 0.322 e. The normalized spacial score (nSPS) is 11.3. The van der Waals surface area contributed by atoms with Crippen molar-refractivity contribution in [1.29, 1.82) is 0 Å². The monoisotopic (exact) mass is 409 g/mol. The van der Waals surface area contributed by atoms with Gasteiger partial charge in [0, 0.05) is 9.26 Å². The number of halogens is 5. The summed E-state index contributed by atoms with van der Waals surface area (Å²) in [5.41, 5.74) is -1.73. The molecule has 1 N–H and O–H groups in total. The second kappa shape index (κ2) is 6.00. The lowest BCUT2D eigenvalue weighted by Crippen LogP contribution is -2.17. The van der Waals surface area contributed by atoms with Gasteiger partial charge in [0.25, 0.3) is 5.91 Å². The Labute approximate surface area is 131 Å². The van der Waals surface area contributed by atoms with Crippen LogP contribution in [-0.4, -0.2) is 5.91 Å². The zero-order chi connectivity index (χ0) is 15.6. The van der Waals surface area contributed by atoms with E-state index in [9.17, 15) is 22.4 Å². The Balaban J connectivity index is 2.32. The molecule has 0 aliphatic carbocycles. The van der Waals surface area contributed by atoms with Crippen molar-refractivity contribution < 1.29 is 22.4 Å². The number of alkyl halides is 3. The van der Waals surface area contributed by atoms with Crippen LogP contribution in [0.5, 0.6) is 0 Å². The fourth-order valence-corrected chi connectivity index (χ4v) is 2.23. The summed E-state index contributed by atoms with van der Waals surface area (Å²) in [6.45, 7) is 0. The largest absolute Gasteiger partial charge is 0.419 e. The van der Waals surface area contributed by atoms with Gasteiger partial charge in [-0.05, 0) is 52.9 Å². The van der Waals surface area contributed by atoms with Crippen molar-refractivity contribution in [2.45, 2.75) is 6.18 Å². The number of hydrogen-bond acceptors (Lipinski definition) is 1. The first-order chi connectivity index (χ1) is 9.79. The molecule has 7 heteroatoms. The molecule has 0 saturated heterocycles. The highest BCUT2D eigenvalue weighted by atomic mass is 127. The van der Waals surface area contributed by atoms with E-state index in [0.29, 0.717) is 11.8 Å². The van der Waals surface area contributed by atoms with Gasteiger partial charge in [-0.1, -0.05) is 12.1 Å². The van der Waals surface area contributed by atoms with Gasteiger partial charge in [0.15, 0.2) is 0 Å². The van der Waals surface area contributed by atoms with Gasteiger partial charge in [0.1, 0.15) is 5.82 Å². The van der Waals surface area contributed by atoms with Crippen molar-refractivity contribution >= 4 is 34.2 Å². The van der Waals surface area contributed by atoms with Crippen LogP contribution in [0.4, 0.5) is 23.2 Å². The highest BCUT2D eigenvalue weighted by molar-refractivity contribution is 14.1. The first-order valence-corrected chi connectivity index (χ1v) is 6.79. The first-order valence-electron chi connectivity index (χ1n) is 5.71. The number of rotatable bonds is 2. The molecule has 21 heavy (non-hydrogen) atoms. The molecule has 0 saturated carbocycles. The minimum Gasteiger partial charge on any atom is -0.322 e. The molecule has 1 amide bonds. The zero-order valence-corrected chi connectivity index (χ0v) is 12.5. The van der Waals surface area contributed by atoms with E-state index < -0.39 is 29.0 Å². The quantitative estimate of drug-likeness (QED) is 0.566. The van der Waals surface area contributed by atoms with Gasteiger partial charge >= 0.3 is 6.18 Å². The second-order valence-corrected chi connectivity index (χ2v) is 5.37. The Morgan fingerprint density at radius 1 is 1.10 bits per heavy atom. The van der Waals surface area contributed by atoms with E-state index in [1.54, 1.807) is 24.3 Å². The summed E-state index contributed by atoms with van der Waals surface area (Å²) in [4.78, 5) is 11.9. The van der Waals surface area contributed by atoms with Crippen LogP contribution in [0.1, 0.15) is 15.9 Å². The predicted molar refractivity (Wildman–Crippen MR) is 78.5 cm³/mol. The number of amides is 1. The van der Waals surface area contributed by atoms with Gasteiger partial charge in [-0.15, -0.1) is 0 Å². The van der Waals surface area contributed by atoms with Crippen LogP contribution in [0.15, 0.2) is 42.5 Å². The number of benzene rings is 2. The molecule has 0 unspecified atom stereocenters. The molecule has 2 aromatic rings. The van der Waals surface area contributed by atoms with Crippen LogP contribution in [0.25, 0.3) is 0 Å². The molecule has 0 aliphatic heterocycles. The first kappa shape index (κ1) is 15.7.